The van der Waals surface area contributed by atoms with Crippen LogP contribution in [-0.4, -0.2) is 16.1 Å². The van der Waals surface area contributed by atoms with Gasteiger partial charge in [-0.05, 0) is 12.1 Å². The highest BCUT2D eigenvalue weighted by Crippen LogP contribution is 2.15. The van der Waals surface area contributed by atoms with E-state index in [1.807, 2.05) is 23.7 Å². The van der Waals surface area contributed by atoms with Crippen LogP contribution in [0.4, 0.5) is 0 Å². The molecule has 0 spiro atoms. The van der Waals surface area contributed by atoms with Gasteiger partial charge in [-0.1, -0.05) is 19.1 Å². The summed E-state index contributed by atoms with van der Waals surface area (Å²) < 4.78 is 1.26. The van der Waals surface area contributed by atoms with E-state index in [9.17, 15) is 4.79 Å². The number of hydrogen-bond acceptors (Lipinski definition) is 3. The molecule has 0 saturated heterocycles. The second kappa shape index (κ2) is 7.25. The zero-order valence-electron chi connectivity index (χ0n) is 8.30. The first-order chi connectivity index (χ1) is 6.74. The Labute approximate surface area is 99.2 Å². The van der Waals surface area contributed by atoms with Crippen molar-refractivity contribution in [1.29, 1.82) is 0 Å². The molecule has 2 rings (SSSR count). The smallest absolute Gasteiger partial charge is 0.303 e. The Hall–Kier alpha value is -1.07. The van der Waals surface area contributed by atoms with Crippen LogP contribution in [0.5, 0.6) is 0 Å². The molecule has 0 radical (unpaired) electrons. The second-order valence-corrected chi connectivity index (χ2v) is 3.45. The number of fused-ring (bicyclic) bond motifs is 1. The average molecular weight is 243 g/mol. The topological polar surface area (TPSA) is 50.2 Å². The Kier molecular flexibility index (Phi) is 6.73. The lowest BCUT2D eigenvalue weighted by Crippen LogP contribution is -1.86. The number of hydrogen-bond donors (Lipinski definition) is 1. The van der Waals surface area contributed by atoms with Crippen molar-refractivity contribution in [3.63, 3.8) is 0 Å². The van der Waals surface area contributed by atoms with Gasteiger partial charge >= 0.3 is 5.97 Å². The molecular weight excluding hydrogens is 230 g/mol. The number of para-hydroxylation sites is 1. The van der Waals surface area contributed by atoms with Crippen LogP contribution in [0.1, 0.15) is 13.3 Å². The summed E-state index contributed by atoms with van der Waals surface area (Å²) in [6.07, 6.45) is 0.222. The number of carboxylic acid groups (broad SMARTS) is 1. The lowest BCUT2D eigenvalue weighted by molar-refractivity contribution is -0.136. The highest BCUT2D eigenvalue weighted by molar-refractivity contribution is 7.59. The van der Waals surface area contributed by atoms with E-state index in [-0.39, 0.29) is 19.9 Å². The zero-order valence-corrected chi connectivity index (χ0v) is 10.1. The molecule has 1 aromatic heterocycles. The fraction of sp³-hybridized carbons (Fsp3) is 0.200. The Bertz CT molecular complexity index is 384. The first kappa shape index (κ1) is 13.9. The number of thiazole rings is 1. The van der Waals surface area contributed by atoms with Crippen LogP contribution in [0.3, 0.4) is 0 Å². The standard InChI is InChI=1S/C7H5NS.C3H6O2.H2S/c1-2-4-7-6(3-1)8-5-9-7;1-2-3(4)5;/h1-5H;2H2,1H3,(H,4,5);1H2. The summed E-state index contributed by atoms with van der Waals surface area (Å²) in [5, 5.41) is 7.72. The number of aromatic nitrogens is 1. The summed E-state index contributed by atoms with van der Waals surface area (Å²) in [6, 6.07) is 8.13. The van der Waals surface area contributed by atoms with Gasteiger partial charge in [-0.2, -0.15) is 13.5 Å². The van der Waals surface area contributed by atoms with Gasteiger partial charge in [0.05, 0.1) is 15.7 Å². The molecule has 1 aromatic carbocycles. The maximum atomic E-state index is 9.37. The van der Waals surface area contributed by atoms with Gasteiger partial charge in [-0.15, -0.1) is 11.3 Å². The van der Waals surface area contributed by atoms with Gasteiger partial charge in [-0.25, -0.2) is 4.98 Å². The maximum Gasteiger partial charge on any atom is 0.303 e. The molecule has 1 N–H and O–H groups in total. The third-order valence-electron chi connectivity index (χ3n) is 1.54. The lowest BCUT2D eigenvalue weighted by atomic mass is 10.3. The molecule has 0 aliphatic carbocycles. The van der Waals surface area contributed by atoms with E-state index in [0.29, 0.717) is 0 Å². The van der Waals surface area contributed by atoms with E-state index in [1.54, 1.807) is 18.3 Å². The Balaban J connectivity index is 0.000000289. The Morgan fingerprint density at radius 2 is 2.07 bits per heavy atom. The van der Waals surface area contributed by atoms with E-state index in [0.717, 1.165) is 5.52 Å². The monoisotopic (exact) mass is 243 g/mol. The molecule has 2 aromatic rings. The van der Waals surface area contributed by atoms with Crippen molar-refractivity contribution in [3.05, 3.63) is 29.8 Å². The lowest BCUT2D eigenvalue weighted by Gasteiger charge is -1.80. The predicted octanol–water partition coefficient (Wildman–Crippen LogP) is 2.89. The number of benzene rings is 1. The van der Waals surface area contributed by atoms with Gasteiger partial charge in [-0.3, -0.25) is 4.79 Å². The molecule has 15 heavy (non-hydrogen) atoms. The molecular formula is C10H13NO2S2. The maximum absolute atomic E-state index is 9.37. The molecule has 3 nitrogen and oxygen atoms in total. The van der Waals surface area contributed by atoms with Crippen LogP contribution < -0.4 is 0 Å². The molecule has 0 amide bonds. The fourth-order valence-corrected chi connectivity index (χ4v) is 1.48. The minimum atomic E-state index is -0.745. The van der Waals surface area contributed by atoms with E-state index < -0.39 is 5.97 Å². The van der Waals surface area contributed by atoms with Crippen molar-refractivity contribution in [1.82, 2.24) is 4.98 Å². The largest absolute Gasteiger partial charge is 0.481 e. The van der Waals surface area contributed by atoms with Gasteiger partial charge in [0, 0.05) is 6.42 Å². The third-order valence-corrected chi connectivity index (χ3v) is 2.35. The van der Waals surface area contributed by atoms with E-state index in [4.69, 9.17) is 5.11 Å². The second-order valence-electron chi connectivity index (χ2n) is 2.57. The van der Waals surface area contributed by atoms with Crippen LogP contribution in [-0.2, 0) is 4.79 Å². The number of carbonyl (C=O) groups is 1. The quantitative estimate of drug-likeness (QED) is 0.838. The van der Waals surface area contributed by atoms with E-state index >= 15 is 0 Å². The van der Waals surface area contributed by atoms with E-state index in [2.05, 4.69) is 11.1 Å². The first-order valence-electron chi connectivity index (χ1n) is 4.24. The van der Waals surface area contributed by atoms with Crippen LogP contribution in [0, 0.1) is 0 Å². The molecule has 1 heterocycles. The summed E-state index contributed by atoms with van der Waals surface area (Å²) in [4.78, 5) is 13.5. The van der Waals surface area contributed by atoms with Gasteiger partial charge in [0.25, 0.3) is 0 Å². The van der Waals surface area contributed by atoms with Gasteiger partial charge in [0.15, 0.2) is 0 Å². The van der Waals surface area contributed by atoms with Crippen LogP contribution >= 0.6 is 24.8 Å². The molecule has 0 aliphatic rings. The molecule has 0 fully saturated rings. The summed E-state index contributed by atoms with van der Waals surface area (Å²) in [7, 11) is 0. The average Bonchev–Trinajstić information content (AvgIpc) is 2.66. The Morgan fingerprint density at radius 3 is 2.60 bits per heavy atom. The fourth-order valence-electron chi connectivity index (χ4n) is 0.803. The highest BCUT2D eigenvalue weighted by atomic mass is 32.1. The number of aliphatic carboxylic acids is 1. The number of rotatable bonds is 1. The third kappa shape index (κ3) is 4.80. The normalized spacial score (nSPS) is 8.60. The van der Waals surface area contributed by atoms with Crippen LogP contribution in [0.25, 0.3) is 10.2 Å². The minimum absolute atomic E-state index is 0. The summed E-state index contributed by atoms with van der Waals surface area (Å²) >= 11 is 1.68. The van der Waals surface area contributed by atoms with Crippen LogP contribution in [0.15, 0.2) is 29.8 Å². The van der Waals surface area contributed by atoms with Crippen molar-refractivity contribution in [2.75, 3.05) is 0 Å². The zero-order chi connectivity index (χ0) is 10.4. The molecule has 0 atom stereocenters. The van der Waals surface area contributed by atoms with Crippen molar-refractivity contribution in [3.8, 4) is 0 Å². The highest BCUT2D eigenvalue weighted by Gasteiger charge is 1.89. The first-order valence-corrected chi connectivity index (χ1v) is 5.12. The number of nitrogens with zero attached hydrogens (tertiary/aromatic N) is 1. The predicted molar refractivity (Wildman–Crippen MR) is 67.9 cm³/mol. The molecule has 82 valence electrons. The molecule has 5 heteroatoms. The van der Waals surface area contributed by atoms with Gasteiger partial charge in [0.2, 0.25) is 0 Å². The van der Waals surface area contributed by atoms with E-state index in [1.165, 1.54) is 4.70 Å². The van der Waals surface area contributed by atoms with Crippen molar-refractivity contribution in [2.24, 2.45) is 0 Å². The van der Waals surface area contributed by atoms with Crippen LogP contribution in [0.2, 0.25) is 0 Å². The van der Waals surface area contributed by atoms with Gasteiger partial charge in [0.1, 0.15) is 0 Å². The minimum Gasteiger partial charge on any atom is -0.481 e. The molecule has 0 unspecified atom stereocenters. The van der Waals surface area contributed by atoms with Crippen molar-refractivity contribution in [2.45, 2.75) is 13.3 Å². The van der Waals surface area contributed by atoms with Gasteiger partial charge < -0.3 is 5.11 Å². The molecule has 0 aliphatic heterocycles. The SMILES string of the molecule is CCC(=O)O.S.c1ccc2scnc2c1. The summed E-state index contributed by atoms with van der Waals surface area (Å²) in [5.41, 5.74) is 2.97. The molecule has 0 bridgehead atoms. The van der Waals surface area contributed by atoms with Crippen molar-refractivity contribution < 1.29 is 9.90 Å². The number of carboxylic acids is 1. The Morgan fingerprint density at radius 1 is 1.47 bits per heavy atom. The summed E-state index contributed by atoms with van der Waals surface area (Å²) in [5.74, 6) is -0.745. The summed E-state index contributed by atoms with van der Waals surface area (Å²) in [6.45, 7) is 1.60. The molecule has 0 saturated carbocycles. The van der Waals surface area contributed by atoms with Crippen molar-refractivity contribution >= 4 is 41.0 Å².